The number of halogens is 2. The summed E-state index contributed by atoms with van der Waals surface area (Å²) in [6, 6.07) is 11.7. The average Bonchev–Trinajstić information content (AvgIpc) is 3.04. The lowest BCUT2D eigenvalue weighted by Crippen LogP contribution is -2.12. The molecule has 0 unspecified atom stereocenters. The Balaban J connectivity index is 1.83. The molecule has 26 heavy (non-hydrogen) atoms. The topological polar surface area (TPSA) is 99.0 Å². The fourth-order valence-electron chi connectivity index (χ4n) is 2.30. The maximum Gasteiger partial charge on any atom is 0.344 e. The number of allylic oxidation sites excluding steroid dienone is 1. The number of nitriles is 1. The fourth-order valence-corrected chi connectivity index (χ4v) is 2.30. The van der Waals surface area contributed by atoms with Crippen LogP contribution in [0.5, 0.6) is 0 Å². The van der Waals surface area contributed by atoms with E-state index in [9.17, 15) is 23.9 Å². The lowest BCUT2D eigenvalue weighted by molar-refractivity contribution is 0.0491. The number of esters is 1. The number of imidazole rings is 1. The first-order chi connectivity index (χ1) is 12.5. The van der Waals surface area contributed by atoms with Crippen molar-refractivity contribution in [3.8, 4) is 6.07 Å². The van der Waals surface area contributed by atoms with Gasteiger partial charge in [0.15, 0.2) is 11.6 Å². The van der Waals surface area contributed by atoms with Crippen molar-refractivity contribution in [1.82, 2.24) is 9.97 Å². The number of carbonyl (C=O) groups is 1. The number of rotatable bonds is 4. The Bertz CT molecular complexity index is 1010. The number of nitrogens with one attached hydrogen (secondary N) is 1. The number of carbonyl (C=O) groups excluding carboxylic acids is 1. The minimum atomic E-state index is -1.30. The Morgan fingerprint density at radius 2 is 1.88 bits per heavy atom. The van der Waals surface area contributed by atoms with Gasteiger partial charge in [-0.25, -0.2) is 18.6 Å². The van der Waals surface area contributed by atoms with Gasteiger partial charge in [0.25, 0.3) is 0 Å². The van der Waals surface area contributed by atoms with Crippen LogP contribution in [0.15, 0.2) is 48.2 Å². The zero-order valence-corrected chi connectivity index (χ0v) is 13.2. The van der Waals surface area contributed by atoms with E-state index in [-0.39, 0.29) is 11.4 Å². The molecule has 0 amide bonds. The molecule has 6 nitrogen and oxygen atoms in total. The summed E-state index contributed by atoms with van der Waals surface area (Å²) in [7, 11) is 0. The number of nitrogens with zero attached hydrogens (tertiary/aromatic N) is 2. The highest BCUT2D eigenvalue weighted by Gasteiger charge is 2.20. The molecule has 0 aliphatic rings. The molecule has 130 valence electrons. The van der Waals surface area contributed by atoms with Gasteiger partial charge in [0.05, 0.1) is 11.0 Å². The number of aliphatic hydroxyl groups excluding tert-OH is 1. The van der Waals surface area contributed by atoms with E-state index in [0.29, 0.717) is 11.0 Å². The number of hydrogen-bond acceptors (Lipinski definition) is 5. The van der Waals surface area contributed by atoms with E-state index in [1.54, 1.807) is 30.3 Å². The minimum absolute atomic E-state index is 0.0827. The van der Waals surface area contributed by atoms with Gasteiger partial charge in [-0.3, -0.25) is 0 Å². The highest BCUT2D eigenvalue weighted by Crippen LogP contribution is 2.19. The number of benzene rings is 2. The smallest absolute Gasteiger partial charge is 0.344 e. The summed E-state index contributed by atoms with van der Waals surface area (Å²) in [5.74, 6) is -3.99. The molecule has 2 aromatic carbocycles. The summed E-state index contributed by atoms with van der Waals surface area (Å²) in [5.41, 5.74) is 0.104. The summed E-state index contributed by atoms with van der Waals surface area (Å²) in [4.78, 5) is 18.9. The van der Waals surface area contributed by atoms with Crippen molar-refractivity contribution in [1.29, 1.82) is 5.26 Å². The Kier molecular flexibility index (Phi) is 4.62. The van der Waals surface area contributed by atoms with Gasteiger partial charge in [0.1, 0.15) is 35.4 Å². The van der Waals surface area contributed by atoms with Crippen molar-refractivity contribution in [2.45, 2.75) is 0 Å². The zero-order valence-electron chi connectivity index (χ0n) is 13.2. The molecule has 0 saturated heterocycles. The molecule has 2 N–H and O–H groups in total. The highest BCUT2D eigenvalue weighted by atomic mass is 19.1. The van der Waals surface area contributed by atoms with E-state index < -0.39 is 35.5 Å². The minimum Gasteiger partial charge on any atom is -0.507 e. The SMILES string of the molecule is N#CC(=C(O)COC(=O)c1c(F)cccc1F)c1nc2ccccc2[nH]1. The molecule has 0 atom stereocenters. The number of aliphatic hydroxyl groups is 1. The van der Waals surface area contributed by atoms with Crippen molar-refractivity contribution in [2.24, 2.45) is 0 Å². The molecule has 1 aromatic heterocycles. The third-order valence-electron chi connectivity index (χ3n) is 3.53. The third-order valence-corrected chi connectivity index (χ3v) is 3.53. The quantitative estimate of drug-likeness (QED) is 0.424. The molecule has 0 fully saturated rings. The summed E-state index contributed by atoms with van der Waals surface area (Å²) in [6.45, 7) is -0.744. The number of aromatic nitrogens is 2. The van der Waals surface area contributed by atoms with Crippen molar-refractivity contribution in [3.63, 3.8) is 0 Å². The molecule has 1 heterocycles. The van der Waals surface area contributed by atoms with Crippen molar-refractivity contribution < 1.29 is 23.4 Å². The number of ether oxygens (including phenoxy) is 1. The van der Waals surface area contributed by atoms with E-state index in [1.165, 1.54) is 0 Å². The van der Waals surface area contributed by atoms with Gasteiger partial charge in [-0.05, 0) is 24.3 Å². The molecule has 3 rings (SSSR count). The fraction of sp³-hybridized carbons (Fsp3) is 0.0556. The van der Waals surface area contributed by atoms with Gasteiger partial charge >= 0.3 is 5.97 Å². The normalized spacial score (nSPS) is 11.7. The summed E-state index contributed by atoms with van der Waals surface area (Å²) in [5, 5.41) is 19.3. The Hall–Kier alpha value is -3.73. The molecule has 0 aliphatic carbocycles. The molecule has 0 aliphatic heterocycles. The molecule has 8 heteroatoms. The first kappa shape index (κ1) is 17.1. The predicted octanol–water partition coefficient (Wildman–Crippen LogP) is 3.49. The van der Waals surface area contributed by atoms with Crippen LogP contribution in [0.4, 0.5) is 8.78 Å². The van der Waals surface area contributed by atoms with Crippen LogP contribution in [0.3, 0.4) is 0 Å². The lowest BCUT2D eigenvalue weighted by atomic mass is 10.2. The molecule has 3 aromatic rings. The lowest BCUT2D eigenvalue weighted by Gasteiger charge is -2.07. The largest absolute Gasteiger partial charge is 0.507 e. The van der Waals surface area contributed by atoms with E-state index in [4.69, 9.17) is 4.74 Å². The number of aromatic amines is 1. The van der Waals surface area contributed by atoms with Crippen molar-refractivity contribution in [3.05, 3.63) is 71.2 Å². The van der Waals surface area contributed by atoms with Crippen LogP contribution in [0.2, 0.25) is 0 Å². The van der Waals surface area contributed by atoms with Gasteiger partial charge in [0, 0.05) is 0 Å². The molecule has 0 radical (unpaired) electrons. The molecular formula is C18H11F2N3O3. The predicted molar refractivity (Wildman–Crippen MR) is 87.9 cm³/mol. The van der Waals surface area contributed by atoms with Gasteiger partial charge in [-0.15, -0.1) is 0 Å². The second kappa shape index (κ2) is 7.03. The van der Waals surface area contributed by atoms with E-state index >= 15 is 0 Å². The monoisotopic (exact) mass is 355 g/mol. The maximum absolute atomic E-state index is 13.6. The van der Waals surface area contributed by atoms with Gasteiger partial charge in [-0.1, -0.05) is 18.2 Å². The first-order valence-corrected chi connectivity index (χ1v) is 7.39. The Morgan fingerprint density at radius 1 is 1.19 bits per heavy atom. The molecule has 0 spiro atoms. The molecular weight excluding hydrogens is 344 g/mol. The second-order valence-corrected chi connectivity index (χ2v) is 5.21. The van der Waals surface area contributed by atoms with E-state index in [1.807, 2.05) is 0 Å². The van der Waals surface area contributed by atoms with Crippen LogP contribution in [-0.2, 0) is 4.74 Å². The second-order valence-electron chi connectivity index (χ2n) is 5.21. The van der Waals surface area contributed by atoms with Crippen LogP contribution in [0.1, 0.15) is 16.2 Å². The van der Waals surface area contributed by atoms with Crippen LogP contribution in [0, 0.1) is 23.0 Å². The first-order valence-electron chi connectivity index (χ1n) is 7.39. The van der Waals surface area contributed by atoms with Gasteiger partial charge in [-0.2, -0.15) is 5.26 Å². The molecule has 0 bridgehead atoms. The van der Waals surface area contributed by atoms with Crippen LogP contribution in [-0.4, -0.2) is 27.7 Å². The van der Waals surface area contributed by atoms with Crippen molar-refractivity contribution >= 4 is 22.6 Å². The Labute approximate surface area is 146 Å². The summed E-state index contributed by atoms with van der Waals surface area (Å²) in [6.07, 6.45) is 0. The van der Waals surface area contributed by atoms with Gasteiger partial charge < -0.3 is 14.8 Å². The van der Waals surface area contributed by atoms with Gasteiger partial charge in [0.2, 0.25) is 0 Å². The van der Waals surface area contributed by atoms with Crippen LogP contribution in [0.25, 0.3) is 16.6 Å². The third kappa shape index (κ3) is 3.23. The number of para-hydroxylation sites is 2. The van der Waals surface area contributed by atoms with Crippen molar-refractivity contribution in [2.75, 3.05) is 6.61 Å². The Morgan fingerprint density at radius 3 is 2.54 bits per heavy atom. The highest BCUT2D eigenvalue weighted by molar-refractivity contribution is 5.90. The zero-order chi connectivity index (χ0) is 18.7. The van der Waals surface area contributed by atoms with Crippen LogP contribution < -0.4 is 0 Å². The van der Waals surface area contributed by atoms with Crippen LogP contribution >= 0.6 is 0 Å². The maximum atomic E-state index is 13.6. The number of hydrogen-bond donors (Lipinski definition) is 2. The van der Waals surface area contributed by atoms with E-state index in [0.717, 1.165) is 18.2 Å². The average molecular weight is 355 g/mol. The standard InChI is InChI=1S/C18H11F2N3O3/c19-11-4-3-5-12(20)16(11)18(25)26-9-15(24)10(8-21)17-22-13-6-1-2-7-14(13)23-17/h1-7,24H,9H2,(H,22,23). The molecule has 0 saturated carbocycles. The number of fused-ring (bicyclic) bond motifs is 1. The summed E-state index contributed by atoms with van der Waals surface area (Å²) < 4.78 is 31.8. The number of H-pyrrole nitrogens is 1. The van der Waals surface area contributed by atoms with E-state index in [2.05, 4.69) is 9.97 Å². The summed E-state index contributed by atoms with van der Waals surface area (Å²) >= 11 is 0.